The molecular weight excluding hydrogens is 310 g/mol. The molecule has 3 unspecified atom stereocenters. The molecule has 1 aliphatic heterocycles. The quantitative estimate of drug-likeness (QED) is 0.836. The molecule has 1 N–H and O–H groups in total. The van der Waals surface area contributed by atoms with Gasteiger partial charge in [-0.05, 0) is 46.8 Å². The number of rotatable bonds is 1. The molecule has 1 aromatic rings. The summed E-state index contributed by atoms with van der Waals surface area (Å²) in [4.78, 5) is 1.33. The van der Waals surface area contributed by atoms with Gasteiger partial charge in [-0.3, -0.25) is 0 Å². The Morgan fingerprint density at radius 3 is 3.00 bits per heavy atom. The minimum absolute atomic E-state index is 0.240. The number of thiophene rings is 1. The van der Waals surface area contributed by atoms with Crippen molar-refractivity contribution in [2.75, 3.05) is 13.2 Å². The van der Waals surface area contributed by atoms with E-state index in [4.69, 9.17) is 4.74 Å². The highest BCUT2D eigenvalue weighted by atomic mass is 79.9. The maximum atomic E-state index is 6.15. The van der Waals surface area contributed by atoms with Gasteiger partial charge in [0, 0.05) is 17.0 Å². The molecule has 0 amide bonds. The highest BCUT2D eigenvalue weighted by Crippen LogP contribution is 2.38. The Balaban J connectivity index is 1.64. The first kappa shape index (κ1) is 13.1. The van der Waals surface area contributed by atoms with Crippen molar-refractivity contribution < 1.29 is 4.74 Å². The molecule has 2 aliphatic rings. The first-order valence-electron chi connectivity index (χ1n) is 6.79. The molecule has 0 bridgehead atoms. The van der Waals surface area contributed by atoms with Crippen LogP contribution in [-0.4, -0.2) is 18.7 Å². The molecule has 2 nitrogen and oxygen atoms in total. The van der Waals surface area contributed by atoms with Gasteiger partial charge in [0.05, 0.1) is 10.4 Å². The first-order chi connectivity index (χ1) is 8.67. The summed E-state index contributed by atoms with van der Waals surface area (Å²) < 4.78 is 7.33. The second kappa shape index (κ2) is 5.23. The second-order valence-electron chi connectivity index (χ2n) is 5.80. The van der Waals surface area contributed by atoms with Gasteiger partial charge in [0.1, 0.15) is 6.10 Å². The molecule has 0 aromatic carbocycles. The standard InChI is InChI=1S/C14H20BrNOS/c1-10-3-2-6-14(7-10)9-17-11(8-16-14)12-4-5-13(15)18-12/h4-5,10-11,16H,2-3,6-9H2,1H3. The maximum absolute atomic E-state index is 6.15. The molecule has 3 rings (SSSR count). The van der Waals surface area contributed by atoms with Crippen LogP contribution in [0.3, 0.4) is 0 Å². The van der Waals surface area contributed by atoms with Crippen LogP contribution in [0.25, 0.3) is 0 Å². The van der Waals surface area contributed by atoms with Crippen molar-refractivity contribution in [1.82, 2.24) is 5.32 Å². The molecule has 100 valence electrons. The van der Waals surface area contributed by atoms with E-state index in [1.54, 1.807) is 11.3 Å². The van der Waals surface area contributed by atoms with E-state index >= 15 is 0 Å². The largest absolute Gasteiger partial charge is 0.369 e. The number of ether oxygens (including phenoxy) is 1. The SMILES string of the molecule is CC1CCCC2(COC(c3ccc(Br)s3)CN2)C1. The van der Waals surface area contributed by atoms with Crippen LogP contribution in [0.1, 0.15) is 43.6 Å². The fraction of sp³-hybridized carbons (Fsp3) is 0.714. The fourth-order valence-corrected chi connectivity index (χ4v) is 4.79. The normalized spacial score (nSPS) is 37.0. The van der Waals surface area contributed by atoms with E-state index in [0.29, 0.717) is 0 Å². The molecular formula is C14H20BrNOS. The Bertz CT molecular complexity index is 412. The smallest absolute Gasteiger partial charge is 0.104 e. The molecule has 4 heteroatoms. The maximum Gasteiger partial charge on any atom is 0.104 e. The fourth-order valence-electron chi connectivity index (χ4n) is 3.32. The van der Waals surface area contributed by atoms with Gasteiger partial charge in [-0.2, -0.15) is 0 Å². The predicted molar refractivity (Wildman–Crippen MR) is 79.1 cm³/mol. The van der Waals surface area contributed by atoms with Gasteiger partial charge in [0.15, 0.2) is 0 Å². The van der Waals surface area contributed by atoms with Gasteiger partial charge in [0.25, 0.3) is 0 Å². The lowest BCUT2D eigenvalue weighted by Gasteiger charge is -2.45. The zero-order chi connectivity index (χ0) is 12.6. The number of hydrogen-bond donors (Lipinski definition) is 1. The predicted octanol–water partition coefficient (Wildman–Crippen LogP) is 4.12. The van der Waals surface area contributed by atoms with Crippen molar-refractivity contribution in [2.45, 2.75) is 44.2 Å². The minimum atomic E-state index is 0.240. The topological polar surface area (TPSA) is 21.3 Å². The summed E-state index contributed by atoms with van der Waals surface area (Å²) in [6, 6.07) is 4.28. The lowest BCUT2D eigenvalue weighted by atomic mass is 9.76. The van der Waals surface area contributed by atoms with E-state index in [1.807, 2.05) is 0 Å². The van der Waals surface area contributed by atoms with Crippen molar-refractivity contribution in [3.63, 3.8) is 0 Å². The Morgan fingerprint density at radius 1 is 1.50 bits per heavy atom. The van der Waals surface area contributed by atoms with Crippen LogP contribution < -0.4 is 5.32 Å². The zero-order valence-electron chi connectivity index (χ0n) is 10.7. The molecule has 1 saturated heterocycles. The van der Waals surface area contributed by atoms with Crippen LogP contribution in [0.4, 0.5) is 0 Å². The third-order valence-corrected chi connectivity index (χ3v) is 5.94. The van der Waals surface area contributed by atoms with E-state index < -0.39 is 0 Å². The molecule has 1 spiro atoms. The average Bonchev–Trinajstić information content (AvgIpc) is 2.77. The third-order valence-electron chi connectivity index (χ3n) is 4.23. The van der Waals surface area contributed by atoms with Crippen LogP contribution in [0.2, 0.25) is 0 Å². The average molecular weight is 330 g/mol. The van der Waals surface area contributed by atoms with Crippen LogP contribution in [0.15, 0.2) is 15.9 Å². The third kappa shape index (κ3) is 2.67. The van der Waals surface area contributed by atoms with Gasteiger partial charge in [-0.25, -0.2) is 0 Å². The van der Waals surface area contributed by atoms with Gasteiger partial charge >= 0.3 is 0 Å². The summed E-state index contributed by atoms with van der Waals surface area (Å²) in [6.07, 6.45) is 5.51. The Labute approximate surface area is 121 Å². The summed E-state index contributed by atoms with van der Waals surface area (Å²) in [6.45, 7) is 4.20. The lowest BCUT2D eigenvalue weighted by Crippen LogP contribution is -2.56. The molecule has 18 heavy (non-hydrogen) atoms. The van der Waals surface area contributed by atoms with Crippen molar-refractivity contribution >= 4 is 27.3 Å². The van der Waals surface area contributed by atoms with Gasteiger partial charge in [-0.1, -0.05) is 19.8 Å². The number of halogens is 1. The molecule has 2 fully saturated rings. The van der Waals surface area contributed by atoms with Crippen LogP contribution in [0, 0.1) is 5.92 Å². The molecule has 2 heterocycles. The van der Waals surface area contributed by atoms with Crippen LogP contribution >= 0.6 is 27.3 Å². The Hall–Kier alpha value is 0.1000. The number of morpholine rings is 1. The zero-order valence-corrected chi connectivity index (χ0v) is 13.1. The van der Waals surface area contributed by atoms with E-state index in [1.165, 1.54) is 34.3 Å². The highest BCUT2D eigenvalue weighted by molar-refractivity contribution is 9.11. The second-order valence-corrected chi connectivity index (χ2v) is 8.30. The molecule has 1 aromatic heterocycles. The molecule has 1 aliphatic carbocycles. The van der Waals surface area contributed by atoms with Crippen molar-refractivity contribution in [2.24, 2.45) is 5.92 Å². The highest BCUT2D eigenvalue weighted by Gasteiger charge is 2.39. The van der Waals surface area contributed by atoms with E-state index in [9.17, 15) is 0 Å². The monoisotopic (exact) mass is 329 g/mol. The van der Waals surface area contributed by atoms with E-state index in [2.05, 4.69) is 40.3 Å². The Kier molecular flexibility index (Phi) is 3.81. The molecule has 1 saturated carbocycles. The summed E-state index contributed by atoms with van der Waals surface area (Å²) in [5.74, 6) is 0.835. The minimum Gasteiger partial charge on any atom is -0.369 e. The van der Waals surface area contributed by atoms with Gasteiger partial charge < -0.3 is 10.1 Å². The number of nitrogens with one attached hydrogen (secondary N) is 1. The summed E-state index contributed by atoms with van der Waals surface area (Å²) in [7, 11) is 0. The van der Waals surface area contributed by atoms with Crippen molar-refractivity contribution in [3.05, 3.63) is 20.8 Å². The van der Waals surface area contributed by atoms with Crippen LogP contribution in [-0.2, 0) is 4.74 Å². The van der Waals surface area contributed by atoms with Gasteiger partial charge in [-0.15, -0.1) is 11.3 Å². The van der Waals surface area contributed by atoms with Crippen molar-refractivity contribution in [1.29, 1.82) is 0 Å². The van der Waals surface area contributed by atoms with Gasteiger partial charge in [0.2, 0.25) is 0 Å². The van der Waals surface area contributed by atoms with E-state index in [0.717, 1.165) is 19.1 Å². The lowest BCUT2D eigenvalue weighted by molar-refractivity contribution is -0.0512. The Morgan fingerprint density at radius 2 is 2.39 bits per heavy atom. The summed E-state index contributed by atoms with van der Waals surface area (Å²) >= 11 is 5.30. The van der Waals surface area contributed by atoms with E-state index in [-0.39, 0.29) is 11.6 Å². The van der Waals surface area contributed by atoms with Crippen LogP contribution in [0.5, 0.6) is 0 Å². The van der Waals surface area contributed by atoms with Crippen molar-refractivity contribution in [3.8, 4) is 0 Å². The number of hydrogen-bond acceptors (Lipinski definition) is 3. The molecule has 0 radical (unpaired) electrons. The summed E-state index contributed by atoms with van der Waals surface area (Å²) in [5, 5.41) is 3.79. The first-order valence-corrected chi connectivity index (χ1v) is 8.40. The summed E-state index contributed by atoms with van der Waals surface area (Å²) in [5.41, 5.74) is 0.267. The molecule has 3 atom stereocenters.